The van der Waals surface area contributed by atoms with E-state index in [9.17, 15) is 4.79 Å². The third-order valence-electron chi connectivity index (χ3n) is 3.19. The fourth-order valence-electron chi connectivity index (χ4n) is 2.19. The van der Waals surface area contributed by atoms with Crippen LogP contribution in [0.1, 0.15) is 38.5 Å². The molecule has 0 bridgehead atoms. The summed E-state index contributed by atoms with van der Waals surface area (Å²) in [5.74, 6) is 0.697. The average molecular weight is 229 g/mol. The van der Waals surface area contributed by atoms with E-state index in [4.69, 9.17) is 9.47 Å². The van der Waals surface area contributed by atoms with Crippen molar-refractivity contribution in [2.24, 2.45) is 5.92 Å². The van der Waals surface area contributed by atoms with Gasteiger partial charge in [0.2, 0.25) is 5.91 Å². The van der Waals surface area contributed by atoms with Crippen LogP contribution in [-0.2, 0) is 14.3 Å². The van der Waals surface area contributed by atoms with Crippen LogP contribution in [0.5, 0.6) is 0 Å². The van der Waals surface area contributed by atoms with Crippen molar-refractivity contribution in [2.75, 3.05) is 20.8 Å². The van der Waals surface area contributed by atoms with E-state index in [-0.39, 0.29) is 12.2 Å². The van der Waals surface area contributed by atoms with E-state index in [0.717, 1.165) is 0 Å². The predicted molar refractivity (Wildman–Crippen MR) is 62.0 cm³/mol. The molecule has 0 radical (unpaired) electrons. The highest BCUT2D eigenvalue weighted by atomic mass is 16.7. The lowest BCUT2D eigenvalue weighted by Gasteiger charge is -2.21. The molecule has 4 heteroatoms. The zero-order chi connectivity index (χ0) is 11.8. The molecular formula is C12H23NO3. The number of carbonyl (C=O) groups is 1. The molecule has 0 aliphatic heterocycles. The van der Waals surface area contributed by atoms with Crippen molar-refractivity contribution >= 4 is 5.91 Å². The molecule has 1 fully saturated rings. The molecule has 94 valence electrons. The monoisotopic (exact) mass is 229 g/mol. The van der Waals surface area contributed by atoms with Crippen LogP contribution in [0.2, 0.25) is 0 Å². The second-order valence-corrected chi connectivity index (χ2v) is 4.41. The molecule has 0 atom stereocenters. The number of amides is 1. The summed E-state index contributed by atoms with van der Waals surface area (Å²) < 4.78 is 10.0. The van der Waals surface area contributed by atoms with Gasteiger partial charge in [-0.05, 0) is 18.8 Å². The Balaban J connectivity index is 2.14. The van der Waals surface area contributed by atoms with Gasteiger partial charge in [0.05, 0.1) is 6.54 Å². The van der Waals surface area contributed by atoms with Crippen LogP contribution in [0.4, 0.5) is 0 Å². The minimum Gasteiger partial charge on any atom is -0.354 e. The van der Waals surface area contributed by atoms with E-state index >= 15 is 0 Å². The molecule has 0 heterocycles. The van der Waals surface area contributed by atoms with Crippen molar-refractivity contribution < 1.29 is 14.3 Å². The second-order valence-electron chi connectivity index (χ2n) is 4.41. The fraction of sp³-hybridized carbons (Fsp3) is 0.917. The van der Waals surface area contributed by atoms with Crippen molar-refractivity contribution in [1.29, 1.82) is 0 Å². The first-order chi connectivity index (χ1) is 7.76. The van der Waals surface area contributed by atoms with Gasteiger partial charge in [-0.25, -0.2) is 0 Å². The first-order valence-electron chi connectivity index (χ1n) is 6.08. The Kier molecular flexibility index (Phi) is 6.42. The summed E-state index contributed by atoms with van der Waals surface area (Å²) in [7, 11) is 3.14. The molecule has 0 aromatic heterocycles. The third kappa shape index (κ3) is 4.94. The number of hydrogen-bond donors (Lipinski definition) is 1. The summed E-state index contributed by atoms with van der Waals surface area (Å²) in [5.41, 5.74) is 0. The molecule has 0 spiro atoms. The standard InChI is InChI=1S/C12H23NO3/c1-15-12(16-2)9-13-11(14)8-10-6-4-3-5-7-10/h10,12H,3-9H2,1-2H3,(H,13,14). The van der Waals surface area contributed by atoms with E-state index in [2.05, 4.69) is 5.32 Å². The number of nitrogens with one attached hydrogen (secondary N) is 1. The van der Waals surface area contributed by atoms with Gasteiger partial charge in [-0.15, -0.1) is 0 Å². The number of methoxy groups -OCH3 is 2. The number of hydrogen-bond acceptors (Lipinski definition) is 3. The van der Waals surface area contributed by atoms with Gasteiger partial charge in [-0.2, -0.15) is 0 Å². The van der Waals surface area contributed by atoms with E-state index in [0.29, 0.717) is 18.9 Å². The van der Waals surface area contributed by atoms with Crippen molar-refractivity contribution in [3.05, 3.63) is 0 Å². The van der Waals surface area contributed by atoms with Crippen molar-refractivity contribution in [3.63, 3.8) is 0 Å². The number of carbonyl (C=O) groups excluding carboxylic acids is 1. The van der Waals surface area contributed by atoms with E-state index in [1.807, 2.05) is 0 Å². The Labute approximate surface area is 97.7 Å². The van der Waals surface area contributed by atoms with Gasteiger partial charge in [-0.3, -0.25) is 4.79 Å². The molecule has 1 rings (SSSR count). The van der Waals surface area contributed by atoms with Gasteiger partial charge in [0.15, 0.2) is 6.29 Å². The maximum Gasteiger partial charge on any atom is 0.220 e. The van der Waals surface area contributed by atoms with Crippen molar-refractivity contribution in [2.45, 2.75) is 44.8 Å². The van der Waals surface area contributed by atoms with Crippen LogP contribution in [0.25, 0.3) is 0 Å². The zero-order valence-electron chi connectivity index (χ0n) is 10.3. The third-order valence-corrected chi connectivity index (χ3v) is 3.19. The molecule has 0 unspecified atom stereocenters. The fourth-order valence-corrected chi connectivity index (χ4v) is 2.19. The minimum atomic E-state index is -0.338. The van der Waals surface area contributed by atoms with Gasteiger partial charge in [0.25, 0.3) is 0 Å². The maximum atomic E-state index is 11.6. The van der Waals surface area contributed by atoms with Crippen LogP contribution in [0.3, 0.4) is 0 Å². The molecular weight excluding hydrogens is 206 g/mol. The number of ether oxygens (including phenoxy) is 2. The molecule has 1 saturated carbocycles. The minimum absolute atomic E-state index is 0.117. The Bertz CT molecular complexity index is 198. The van der Waals surface area contributed by atoms with Gasteiger partial charge >= 0.3 is 0 Å². The van der Waals surface area contributed by atoms with Gasteiger partial charge in [0, 0.05) is 20.6 Å². The van der Waals surface area contributed by atoms with Gasteiger partial charge < -0.3 is 14.8 Å². The van der Waals surface area contributed by atoms with Crippen molar-refractivity contribution in [3.8, 4) is 0 Å². The quantitative estimate of drug-likeness (QED) is 0.705. The highest BCUT2D eigenvalue weighted by molar-refractivity contribution is 5.76. The first-order valence-corrected chi connectivity index (χ1v) is 6.08. The Morgan fingerprint density at radius 2 is 1.88 bits per heavy atom. The number of rotatable bonds is 6. The molecule has 1 aliphatic rings. The lowest BCUT2D eigenvalue weighted by Crippen LogP contribution is -2.35. The van der Waals surface area contributed by atoms with Crippen LogP contribution in [-0.4, -0.2) is 33.0 Å². The van der Waals surface area contributed by atoms with E-state index < -0.39 is 0 Å². The average Bonchev–Trinajstić information content (AvgIpc) is 2.31. The maximum absolute atomic E-state index is 11.6. The predicted octanol–water partition coefficient (Wildman–Crippen LogP) is 1.69. The SMILES string of the molecule is COC(CNC(=O)CC1CCCCC1)OC. The summed E-state index contributed by atoms with van der Waals surface area (Å²) >= 11 is 0. The largest absolute Gasteiger partial charge is 0.354 e. The highest BCUT2D eigenvalue weighted by Gasteiger charge is 2.17. The molecule has 1 N–H and O–H groups in total. The normalized spacial score (nSPS) is 17.7. The van der Waals surface area contributed by atoms with Crippen LogP contribution >= 0.6 is 0 Å². The van der Waals surface area contributed by atoms with Gasteiger partial charge in [-0.1, -0.05) is 19.3 Å². The lowest BCUT2D eigenvalue weighted by atomic mass is 9.87. The molecule has 16 heavy (non-hydrogen) atoms. The molecule has 1 amide bonds. The summed E-state index contributed by atoms with van der Waals surface area (Å²) in [6.07, 6.45) is 6.59. The van der Waals surface area contributed by atoms with Gasteiger partial charge in [0.1, 0.15) is 0 Å². The topological polar surface area (TPSA) is 47.6 Å². The molecule has 1 aliphatic carbocycles. The van der Waals surface area contributed by atoms with Crippen LogP contribution in [0, 0.1) is 5.92 Å². The van der Waals surface area contributed by atoms with Crippen LogP contribution < -0.4 is 5.32 Å². The zero-order valence-corrected chi connectivity index (χ0v) is 10.3. The summed E-state index contributed by atoms with van der Waals surface area (Å²) in [5, 5.41) is 2.84. The Morgan fingerprint density at radius 1 is 1.25 bits per heavy atom. The summed E-state index contributed by atoms with van der Waals surface area (Å²) in [4.78, 5) is 11.6. The Morgan fingerprint density at radius 3 is 2.44 bits per heavy atom. The van der Waals surface area contributed by atoms with E-state index in [1.54, 1.807) is 14.2 Å². The summed E-state index contributed by atoms with van der Waals surface area (Å²) in [6.45, 7) is 0.429. The highest BCUT2D eigenvalue weighted by Crippen LogP contribution is 2.25. The lowest BCUT2D eigenvalue weighted by molar-refractivity contribution is -0.128. The first kappa shape index (κ1) is 13.5. The molecule has 0 aromatic rings. The van der Waals surface area contributed by atoms with Crippen LogP contribution in [0.15, 0.2) is 0 Å². The van der Waals surface area contributed by atoms with E-state index in [1.165, 1.54) is 32.1 Å². The second kappa shape index (κ2) is 7.63. The molecule has 4 nitrogen and oxygen atoms in total. The summed E-state index contributed by atoms with van der Waals surface area (Å²) in [6, 6.07) is 0. The molecule has 0 aromatic carbocycles. The Hall–Kier alpha value is -0.610. The smallest absolute Gasteiger partial charge is 0.220 e. The molecule has 0 saturated heterocycles. The van der Waals surface area contributed by atoms with Crippen molar-refractivity contribution in [1.82, 2.24) is 5.32 Å².